The van der Waals surface area contributed by atoms with Crippen LogP contribution in [0.4, 0.5) is 4.39 Å². The second-order valence-corrected chi connectivity index (χ2v) is 5.95. The van der Waals surface area contributed by atoms with Crippen molar-refractivity contribution < 1.29 is 8.81 Å². The van der Waals surface area contributed by atoms with Crippen molar-refractivity contribution in [2.75, 3.05) is 13.1 Å². The summed E-state index contributed by atoms with van der Waals surface area (Å²) in [6.45, 7) is 6.16. The number of oxazole rings is 1. The van der Waals surface area contributed by atoms with Gasteiger partial charge in [-0.3, -0.25) is 0 Å². The van der Waals surface area contributed by atoms with Crippen LogP contribution in [-0.4, -0.2) is 18.1 Å². The van der Waals surface area contributed by atoms with Gasteiger partial charge in [-0.1, -0.05) is 13.8 Å². The van der Waals surface area contributed by atoms with Crippen LogP contribution in [0.25, 0.3) is 11.3 Å². The first kappa shape index (κ1) is 15.2. The molecule has 3 nitrogen and oxygen atoms in total. The lowest BCUT2D eigenvalue weighted by molar-refractivity contribution is 0.483. The fourth-order valence-corrected chi connectivity index (χ4v) is 2.17. The zero-order valence-corrected chi connectivity index (χ0v) is 13.2. The Labute approximate surface area is 126 Å². The molecule has 0 atom stereocenters. The second kappa shape index (κ2) is 6.99. The molecule has 0 fully saturated rings. The van der Waals surface area contributed by atoms with Crippen LogP contribution in [0.3, 0.4) is 0 Å². The molecule has 1 heterocycles. The molecule has 0 saturated carbocycles. The summed E-state index contributed by atoms with van der Waals surface area (Å²) in [5.41, 5.74) is 0.812. The van der Waals surface area contributed by atoms with Crippen molar-refractivity contribution in [3.63, 3.8) is 0 Å². The maximum Gasteiger partial charge on any atom is 0.196 e. The van der Waals surface area contributed by atoms with Crippen molar-refractivity contribution in [1.29, 1.82) is 0 Å². The monoisotopic (exact) mass is 340 g/mol. The number of aromatic nitrogens is 1. The maximum absolute atomic E-state index is 13.2. The van der Waals surface area contributed by atoms with Gasteiger partial charge in [-0.05, 0) is 46.6 Å². The Morgan fingerprint density at radius 2 is 2.20 bits per heavy atom. The summed E-state index contributed by atoms with van der Waals surface area (Å²) in [6.07, 6.45) is 2.42. The number of hydrogen-bond donors (Lipinski definition) is 1. The molecule has 1 aromatic carbocycles. The lowest BCUT2D eigenvalue weighted by Crippen LogP contribution is -2.22. The molecule has 0 radical (unpaired) electrons. The van der Waals surface area contributed by atoms with Crippen molar-refractivity contribution >= 4 is 15.9 Å². The van der Waals surface area contributed by atoms with Crippen LogP contribution in [0.15, 0.2) is 33.3 Å². The topological polar surface area (TPSA) is 38.1 Å². The lowest BCUT2D eigenvalue weighted by atomic mass is 10.2. The first-order chi connectivity index (χ1) is 9.56. The van der Waals surface area contributed by atoms with Crippen LogP contribution in [0.5, 0.6) is 0 Å². The molecule has 108 valence electrons. The molecule has 0 bridgehead atoms. The first-order valence-corrected chi connectivity index (χ1v) is 7.46. The molecule has 2 aromatic rings. The van der Waals surface area contributed by atoms with Gasteiger partial charge in [-0.25, -0.2) is 9.37 Å². The third-order valence-electron chi connectivity index (χ3n) is 2.83. The Balaban J connectivity index is 1.96. The average Bonchev–Trinajstić information content (AvgIpc) is 2.86. The zero-order chi connectivity index (χ0) is 14.5. The molecule has 0 aliphatic rings. The Kier molecular flexibility index (Phi) is 5.31. The number of nitrogens with zero attached hydrogens (tertiary/aromatic N) is 1. The normalized spacial score (nSPS) is 11.2. The molecule has 2 rings (SSSR count). The molecule has 20 heavy (non-hydrogen) atoms. The Hall–Kier alpha value is -1.20. The molecule has 0 spiro atoms. The fraction of sp³-hybridized carbons (Fsp3) is 0.400. The molecule has 0 unspecified atom stereocenters. The summed E-state index contributed by atoms with van der Waals surface area (Å²) in [7, 11) is 0. The van der Waals surface area contributed by atoms with Gasteiger partial charge >= 0.3 is 0 Å². The van der Waals surface area contributed by atoms with E-state index in [9.17, 15) is 4.39 Å². The highest BCUT2D eigenvalue weighted by atomic mass is 79.9. The van der Waals surface area contributed by atoms with Gasteiger partial charge in [-0.15, -0.1) is 0 Å². The van der Waals surface area contributed by atoms with Gasteiger partial charge < -0.3 is 9.73 Å². The number of rotatable bonds is 6. The summed E-state index contributed by atoms with van der Waals surface area (Å²) in [6, 6.07) is 4.78. The van der Waals surface area contributed by atoms with Crippen LogP contribution in [0.2, 0.25) is 0 Å². The van der Waals surface area contributed by atoms with Crippen molar-refractivity contribution in [2.45, 2.75) is 20.3 Å². The Morgan fingerprint density at radius 1 is 1.40 bits per heavy atom. The van der Waals surface area contributed by atoms with Gasteiger partial charge in [0.25, 0.3) is 0 Å². The molecule has 0 aliphatic carbocycles. The van der Waals surface area contributed by atoms with Gasteiger partial charge in [0.1, 0.15) is 5.82 Å². The Bertz CT molecular complexity index is 569. The lowest BCUT2D eigenvalue weighted by Gasteiger charge is -2.05. The van der Waals surface area contributed by atoms with E-state index in [1.807, 2.05) is 0 Å². The fourth-order valence-electron chi connectivity index (χ4n) is 1.79. The average molecular weight is 341 g/mol. The number of benzene rings is 1. The third-order valence-corrected chi connectivity index (χ3v) is 3.43. The highest BCUT2D eigenvalue weighted by Crippen LogP contribution is 2.25. The third kappa shape index (κ3) is 4.15. The van der Waals surface area contributed by atoms with E-state index in [1.54, 1.807) is 18.3 Å². The molecule has 1 N–H and O–H groups in total. The van der Waals surface area contributed by atoms with Crippen LogP contribution < -0.4 is 5.32 Å². The minimum absolute atomic E-state index is 0.286. The van der Waals surface area contributed by atoms with E-state index < -0.39 is 0 Å². The first-order valence-electron chi connectivity index (χ1n) is 6.67. The summed E-state index contributed by atoms with van der Waals surface area (Å²) in [4.78, 5) is 4.25. The van der Waals surface area contributed by atoms with Gasteiger partial charge in [0, 0.05) is 18.5 Å². The molecule has 0 aliphatic heterocycles. The highest BCUT2D eigenvalue weighted by Gasteiger charge is 2.08. The summed E-state index contributed by atoms with van der Waals surface area (Å²) in [5, 5.41) is 3.34. The minimum Gasteiger partial charge on any atom is -0.441 e. The van der Waals surface area contributed by atoms with Crippen LogP contribution in [0.1, 0.15) is 19.7 Å². The van der Waals surface area contributed by atoms with E-state index in [1.165, 1.54) is 6.07 Å². The van der Waals surface area contributed by atoms with Crippen LogP contribution >= 0.6 is 15.9 Å². The largest absolute Gasteiger partial charge is 0.441 e. The summed E-state index contributed by atoms with van der Waals surface area (Å²) in [5.74, 6) is 1.69. The quantitative estimate of drug-likeness (QED) is 0.806. The SMILES string of the molecule is CC(C)CNCCc1ncc(-c2ccc(F)c(Br)c2)o1. The number of halogens is 2. The molecule has 1 aromatic heterocycles. The van der Waals surface area contributed by atoms with E-state index >= 15 is 0 Å². The number of nitrogens with one attached hydrogen (secondary N) is 1. The minimum atomic E-state index is -0.286. The standard InChI is InChI=1S/C15H18BrFN2O/c1-10(2)8-18-6-5-15-19-9-14(20-15)11-3-4-13(17)12(16)7-11/h3-4,7,9-10,18H,5-6,8H2,1-2H3. The smallest absolute Gasteiger partial charge is 0.196 e. The van der Waals surface area contributed by atoms with Gasteiger partial charge in [0.05, 0.1) is 10.7 Å². The molecule has 5 heteroatoms. The molecular formula is C15H18BrFN2O. The van der Waals surface area contributed by atoms with Crippen molar-refractivity contribution in [2.24, 2.45) is 5.92 Å². The van der Waals surface area contributed by atoms with Crippen LogP contribution in [-0.2, 0) is 6.42 Å². The van der Waals surface area contributed by atoms with E-state index in [4.69, 9.17) is 4.42 Å². The van der Waals surface area contributed by atoms with Crippen molar-refractivity contribution in [3.8, 4) is 11.3 Å². The predicted octanol–water partition coefficient (Wildman–Crippen LogP) is 4.03. The van der Waals surface area contributed by atoms with Crippen molar-refractivity contribution in [3.05, 3.63) is 40.6 Å². The number of hydrogen-bond acceptors (Lipinski definition) is 3. The van der Waals surface area contributed by atoms with E-state index in [0.29, 0.717) is 22.0 Å². The van der Waals surface area contributed by atoms with Gasteiger partial charge in [0.2, 0.25) is 0 Å². The summed E-state index contributed by atoms with van der Waals surface area (Å²) >= 11 is 3.17. The maximum atomic E-state index is 13.2. The molecular weight excluding hydrogens is 323 g/mol. The molecule has 0 saturated heterocycles. The second-order valence-electron chi connectivity index (χ2n) is 5.10. The van der Waals surface area contributed by atoms with E-state index in [0.717, 1.165) is 25.1 Å². The van der Waals surface area contributed by atoms with E-state index in [2.05, 4.69) is 40.1 Å². The van der Waals surface area contributed by atoms with Gasteiger partial charge in [0.15, 0.2) is 11.7 Å². The molecule has 0 amide bonds. The Morgan fingerprint density at radius 3 is 2.90 bits per heavy atom. The summed E-state index contributed by atoms with van der Waals surface area (Å²) < 4.78 is 19.3. The predicted molar refractivity (Wildman–Crippen MR) is 81.0 cm³/mol. The highest BCUT2D eigenvalue weighted by molar-refractivity contribution is 9.10. The van der Waals surface area contributed by atoms with E-state index in [-0.39, 0.29) is 5.82 Å². The van der Waals surface area contributed by atoms with Gasteiger partial charge in [-0.2, -0.15) is 0 Å². The van der Waals surface area contributed by atoms with Crippen molar-refractivity contribution in [1.82, 2.24) is 10.3 Å². The van der Waals surface area contributed by atoms with Crippen LogP contribution in [0, 0.1) is 11.7 Å². The zero-order valence-electron chi connectivity index (χ0n) is 11.6.